The third-order valence-corrected chi connectivity index (χ3v) is 3.81. The third-order valence-electron chi connectivity index (χ3n) is 3.35. The lowest BCUT2D eigenvalue weighted by molar-refractivity contribution is 0.311. The van der Waals surface area contributed by atoms with Gasteiger partial charge in [-0.1, -0.05) is 15.9 Å². The van der Waals surface area contributed by atoms with Gasteiger partial charge in [0.15, 0.2) is 0 Å². The van der Waals surface area contributed by atoms with E-state index in [4.69, 9.17) is 10.5 Å². The zero-order valence-electron chi connectivity index (χ0n) is 12.8. The Morgan fingerprint density at radius 1 is 1.43 bits per heavy atom. The zero-order chi connectivity index (χ0) is 15.4. The van der Waals surface area contributed by atoms with E-state index in [1.807, 2.05) is 30.9 Å². The van der Waals surface area contributed by atoms with Gasteiger partial charge in [0.2, 0.25) is 0 Å². The molecule has 1 aromatic carbocycles. The predicted octanol–water partition coefficient (Wildman–Crippen LogP) is 3.00. The molecule has 0 aliphatic carbocycles. The molecule has 2 N–H and O–H groups in total. The first-order valence-electron chi connectivity index (χ1n) is 7.11. The summed E-state index contributed by atoms with van der Waals surface area (Å²) in [6.45, 7) is 4.68. The van der Waals surface area contributed by atoms with E-state index in [1.54, 1.807) is 0 Å². The lowest BCUT2D eigenvalue weighted by Crippen LogP contribution is -2.19. The van der Waals surface area contributed by atoms with Crippen molar-refractivity contribution in [2.75, 3.05) is 6.61 Å². The van der Waals surface area contributed by atoms with Crippen molar-refractivity contribution in [2.24, 2.45) is 12.8 Å². The standard InChI is InChI=1S/C16H22BrN3O/c1-11-8-14(17)10-13(9-12(2)18)16(11)21-7-4-15-19-5-6-20(15)3/h5-6,8,10,12H,4,7,9,18H2,1-3H3. The van der Waals surface area contributed by atoms with E-state index in [0.29, 0.717) is 6.61 Å². The summed E-state index contributed by atoms with van der Waals surface area (Å²) in [5.74, 6) is 1.98. The largest absolute Gasteiger partial charge is 0.493 e. The number of rotatable bonds is 6. The molecule has 0 saturated carbocycles. The molecular weight excluding hydrogens is 330 g/mol. The van der Waals surface area contributed by atoms with Gasteiger partial charge < -0.3 is 15.0 Å². The second kappa shape index (κ2) is 7.09. The van der Waals surface area contributed by atoms with Crippen LogP contribution in [0.3, 0.4) is 0 Å². The average molecular weight is 352 g/mol. The first kappa shape index (κ1) is 16.0. The van der Waals surface area contributed by atoms with Crippen LogP contribution in [-0.4, -0.2) is 22.2 Å². The van der Waals surface area contributed by atoms with Gasteiger partial charge >= 0.3 is 0 Å². The quantitative estimate of drug-likeness (QED) is 0.870. The highest BCUT2D eigenvalue weighted by Crippen LogP contribution is 2.29. The van der Waals surface area contributed by atoms with E-state index >= 15 is 0 Å². The van der Waals surface area contributed by atoms with Crippen LogP contribution < -0.4 is 10.5 Å². The lowest BCUT2D eigenvalue weighted by Gasteiger charge is -2.16. The summed E-state index contributed by atoms with van der Waals surface area (Å²) in [6, 6.07) is 4.27. The topological polar surface area (TPSA) is 53.1 Å². The summed E-state index contributed by atoms with van der Waals surface area (Å²) in [4.78, 5) is 4.31. The van der Waals surface area contributed by atoms with E-state index < -0.39 is 0 Å². The van der Waals surface area contributed by atoms with Crippen molar-refractivity contribution in [3.8, 4) is 5.75 Å². The molecule has 1 unspecified atom stereocenters. The fourth-order valence-corrected chi connectivity index (χ4v) is 3.01. The monoisotopic (exact) mass is 351 g/mol. The average Bonchev–Trinajstić information content (AvgIpc) is 2.77. The molecule has 0 radical (unpaired) electrons. The zero-order valence-corrected chi connectivity index (χ0v) is 14.4. The highest BCUT2D eigenvalue weighted by atomic mass is 79.9. The van der Waals surface area contributed by atoms with Crippen LogP contribution in [0.25, 0.3) is 0 Å². The molecule has 2 rings (SSSR count). The second-order valence-electron chi connectivity index (χ2n) is 5.45. The molecule has 0 fully saturated rings. The van der Waals surface area contributed by atoms with Crippen molar-refractivity contribution < 1.29 is 4.74 Å². The van der Waals surface area contributed by atoms with Crippen molar-refractivity contribution in [1.29, 1.82) is 0 Å². The summed E-state index contributed by atoms with van der Waals surface area (Å²) in [7, 11) is 1.99. The van der Waals surface area contributed by atoms with E-state index in [9.17, 15) is 0 Å². The molecule has 114 valence electrons. The maximum absolute atomic E-state index is 6.02. The molecule has 1 atom stereocenters. The van der Waals surface area contributed by atoms with Crippen molar-refractivity contribution in [3.63, 3.8) is 0 Å². The molecule has 0 saturated heterocycles. The van der Waals surface area contributed by atoms with E-state index in [-0.39, 0.29) is 6.04 Å². The van der Waals surface area contributed by atoms with Crippen LogP contribution in [0.15, 0.2) is 29.0 Å². The number of hydrogen-bond acceptors (Lipinski definition) is 3. The number of nitrogens with two attached hydrogens (primary N) is 1. The number of nitrogens with zero attached hydrogens (tertiary/aromatic N) is 2. The van der Waals surface area contributed by atoms with Crippen LogP contribution in [-0.2, 0) is 19.9 Å². The number of hydrogen-bond donors (Lipinski definition) is 1. The Hall–Kier alpha value is -1.33. The Morgan fingerprint density at radius 2 is 2.19 bits per heavy atom. The number of aryl methyl sites for hydroxylation is 2. The molecule has 0 aliphatic heterocycles. The van der Waals surface area contributed by atoms with Gasteiger partial charge in [0.05, 0.1) is 6.61 Å². The molecule has 5 heteroatoms. The van der Waals surface area contributed by atoms with E-state index in [1.165, 1.54) is 0 Å². The molecule has 4 nitrogen and oxygen atoms in total. The van der Waals surface area contributed by atoms with Gasteiger partial charge in [0, 0.05) is 36.4 Å². The number of ether oxygens (including phenoxy) is 1. The van der Waals surface area contributed by atoms with Gasteiger partial charge in [-0.2, -0.15) is 0 Å². The van der Waals surface area contributed by atoms with Gasteiger partial charge in [-0.15, -0.1) is 0 Å². The van der Waals surface area contributed by atoms with E-state index in [0.717, 1.165) is 40.0 Å². The fraction of sp³-hybridized carbons (Fsp3) is 0.438. The second-order valence-corrected chi connectivity index (χ2v) is 6.36. The van der Waals surface area contributed by atoms with Crippen molar-refractivity contribution in [2.45, 2.75) is 32.7 Å². The lowest BCUT2D eigenvalue weighted by atomic mass is 10.0. The summed E-state index contributed by atoms with van der Waals surface area (Å²) >= 11 is 3.54. The molecule has 0 bridgehead atoms. The number of benzene rings is 1. The molecule has 0 spiro atoms. The van der Waals surface area contributed by atoms with Crippen LogP contribution in [0.4, 0.5) is 0 Å². The summed E-state index contributed by atoms with van der Waals surface area (Å²) in [5.41, 5.74) is 8.21. The van der Waals surface area contributed by atoms with Gasteiger partial charge in [-0.3, -0.25) is 0 Å². The van der Waals surface area contributed by atoms with Crippen LogP contribution in [0.5, 0.6) is 5.75 Å². The normalized spacial score (nSPS) is 12.4. The van der Waals surface area contributed by atoms with Crippen LogP contribution in [0, 0.1) is 6.92 Å². The van der Waals surface area contributed by atoms with Crippen molar-refractivity contribution in [1.82, 2.24) is 9.55 Å². The van der Waals surface area contributed by atoms with Crippen LogP contribution in [0.1, 0.15) is 23.9 Å². The number of aromatic nitrogens is 2. The molecule has 1 aromatic heterocycles. The van der Waals surface area contributed by atoms with Crippen molar-refractivity contribution in [3.05, 3.63) is 46.0 Å². The van der Waals surface area contributed by atoms with Crippen LogP contribution >= 0.6 is 15.9 Å². The molecule has 0 aliphatic rings. The SMILES string of the molecule is Cc1cc(Br)cc(CC(C)N)c1OCCc1nccn1C. The molecule has 2 aromatic rings. The Labute approximate surface area is 134 Å². The first-order valence-corrected chi connectivity index (χ1v) is 7.90. The molecule has 21 heavy (non-hydrogen) atoms. The predicted molar refractivity (Wildman–Crippen MR) is 88.6 cm³/mol. The molecule has 0 amide bonds. The smallest absolute Gasteiger partial charge is 0.125 e. The maximum Gasteiger partial charge on any atom is 0.125 e. The minimum atomic E-state index is 0.107. The Morgan fingerprint density at radius 3 is 2.81 bits per heavy atom. The highest BCUT2D eigenvalue weighted by molar-refractivity contribution is 9.10. The van der Waals surface area contributed by atoms with Gasteiger partial charge in [0.25, 0.3) is 0 Å². The maximum atomic E-state index is 6.02. The molecule has 1 heterocycles. The number of imidazole rings is 1. The van der Waals surface area contributed by atoms with E-state index in [2.05, 4.69) is 40.0 Å². The van der Waals surface area contributed by atoms with Gasteiger partial charge in [0.1, 0.15) is 11.6 Å². The third kappa shape index (κ3) is 4.32. The minimum Gasteiger partial charge on any atom is -0.493 e. The highest BCUT2D eigenvalue weighted by Gasteiger charge is 2.11. The Bertz CT molecular complexity index is 608. The van der Waals surface area contributed by atoms with Gasteiger partial charge in [-0.25, -0.2) is 4.98 Å². The number of halogens is 1. The summed E-state index contributed by atoms with van der Waals surface area (Å²) in [5, 5.41) is 0. The minimum absolute atomic E-state index is 0.107. The van der Waals surface area contributed by atoms with Gasteiger partial charge in [-0.05, 0) is 43.5 Å². The Kier molecular flexibility index (Phi) is 5.42. The van der Waals surface area contributed by atoms with Crippen LogP contribution in [0.2, 0.25) is 0 Å². The summed E-state index contributed by atoms with van der Waals surface area (Å²) in [6.07, 6.45) is 5.35. The Balaban J connectivity index is 2.09. The molecular formula is C16H22BrN3O. The first-order chi connectivity index (χ1) is 9.97. The fourth-order valence-electron chi connectivity index (χ4n) is 2.39. The summed E-state index contributed by atoms with van der Waals surface area (Å²) < 4.78 is 9.10. The van der Waals surface area contributed by atoms with Crippen molar-refractivity contribution >= 4 is 15.9 Å².